The van der Waals surface area contributed by atoms with E-state index < -0.39 is 10.0 Å². The zero-order chi connectivity index (χ0) is 21.4. The van der Waals surface area contributed by atoms with Gasteiger partial charge in [0.15, 0.2) is 11.5 Å². The van der Waals surface area contributed by atoms with Crippen LogP contribution in [0.5, 0.6) is 11.5 Å². The maximum atomic E-state index is 13.6. The molecule has 0 bridgehead atoms. The Kier molecular flexibility index (Phi) is 5.35. The molecule has 164 valence electrons. The van der Waals surface area contributed by atoms with Gasteiger partial charge in [-0.1, -0.05) is 18.9 Å². The molecular formula is C23H26N2O5S. The average Bonchev–Trinajstić information content (AvgIpc) is 3.53. The van der Waals surface area contributed by atoms with E-state index in [1.165, 1.54) is 0 Å². The van der Waals surface area contributed by atoms with Crippen LogP contribution in [-0.2, 0) is 21.4 Å². The lowest BCUT2D eigenvalue weighted by molar-refractivity contribution is -0.117. The van der Waals surface area contributed by atoms with Crippen LogP contribution in [0.4, 0.5) is 5.69 Å². The Morgan fingerprint density at radius 1 is 0.968 bits per heavy atom. The van der Waals surface area contributed by atoms with E-state index in [0.717, 1.165) is 43.4 Å². The highest BCUT2D eigenvalue weighted by molar-refractivity contribution is 7.89. The first-order valence-electron chi connectivity index (χ1n) is 10.8. The number of sulfonamides is 1. The van der Waals surface area contributed by atoms with Gasteiger partial charge < -0.3 is 14.4 Å². The third kappa shape index (κ3) is 3.90. The van der Waals surface area contributed by atoms with Crippen molar-refractivity contribution >= 4 is 21.6 Å². The van der Waals surface area contributed by atoms with Crippen LogP contribution in [0.25, 0.3) is 0 Å². The van der Waals surface area contributed by atoms with E-state index in [4.69, 9.17) is 9.47 Å². The molecule has 7 nitrogen and oxygen atoms in total. The molecule has 0 atom stereocenters. The molecule has 8 heteroatoms. The van der Waals surface area contributed by atoms with Crippen LogP contribution >= 0.6 is 0 Å². The van der Waals surface area contributed by atoms with E-state index in [1.54, 1.807) is 33.5 Å². The standard InChI is InChI=1S/C23H26N2O5S/c26-23-6-3-13-24(23)18-8-10-20(11-9-18)31(27,28)25(19-4-1-2-5-19)15-17-7-12-21-22(14-17)30-16-29-21/h7-12,14,19H,1-6,13,15-16H2. The molecule has 0 N–H and O–H groups in total. The molecule has 0 unspecified atom stereocenters. The molecule has 2 aliphatic heterocycles. The van der Waals surface area contributed by atoms with Crippen molar-refractivity contribution in [3.8, 4) is 11.5 Å². The molecule has 1 aliphatic carbocycles. The molecule has 1 amide bonds. The second kappa shape index (κ2) is 8.16. The predicted octanol–water partition coefficient (Wildman–Crippen LogP) is 3.68. The molecule has 31 heavy (non-hydrogen) atoms. The van der Waals surface area contributed by atoms with Gasteiger partial charge in [0.1, 0.15) is 0 Å². The highest BCUT2D eigenvalue weighted by Crippen LogP contribution is 2.35. The number of ether oxygens (including phenoxy) is 2. The van der Waals surface area contributed by atoms with Crippen molar-refractivity contribution < 1.29 is 22.7 Å². The Labute approximate surface area is 182 Å². The van der Waals surface area contributed by atoms with Crippen LogP contribution in [0.1, 0.15) is 44.1 Å². The summed E-state index contributed by atoms with van der Waals surface area (Å²) in [7, 11) is -3.69. The van der Waals surface area contributed by atoms with E-state index in [-0.39, 0.29) is 30.2 Å². The fourth-order valence-corrected chi connectivity index (χ4v) is 6.35. The van der Waals surface area contributed by atoms with E-state index in [1.807, 2.05) is 18.2 Å². The Morgan fingerprint density at radius 3 is 2.42 bits per heavy atom. The van der Waals surface area contributed by atoms with Crippen molar-refractivity contribution in [2.75, 3.05) is 18.2 Å². The van der Waals surface area contributed by atoms with Crippen molar-refractivity contribution in [1.82, 2.24) is 4.31 Å². The largest absolute Gasteiger partial charge is 0.454 e. The highest BCUT2D eigenvalue weighted by atomic mass is 32.2. The monoisotopic (exact) mass is 442 g/mol. The molecule has 1 saturated carbocycles. The first-order valence-corrected chi connectivity index (χ1v) is 12.3. The number of fused-ring (bicyclic) bond motifs is 1. The van der Waals surface area contributed by atoms with Gasteiger partial charge in [-0.2, -0.15) is 4.31 Å². The van der Waals surface area contributed by atoms with Gasteiger partial charge in [-0.3, -0.25) is 4.79 Å². The molecular weight excluding hydrogens is 416 g/mol. The molecule has 2 aromatic rings. The van der Waals surface area contributed by atoms with Crippen molar-refractivity contribution in [2.45, 2.75) is 56.0 Å². The molecule has 3 aliphatic rings. The number of hydrogen-bond donors (Lipinski definition) is 0. The van der Waals surface area contributed by atoms with E-state index in [9.17, 15) is 13.2 Å². The van der Waals surface area contributed by atoms with E-state index in [0.29, 0.717) is 24.5 Å². The lowest BCUT2D eigenvalue weighted by Crippen LogP contribution is -2.38. The Hall–Kier alpha value is -2.58. The number of nitrogens with zero attached hydrogens (tertiary/aromatic N) is 2. The van der Waals surface area contributed by atoms with Crippen molar-refractivity contribution in [1.29, 1.82) is 0 Å². The lowest BCUT2D eigenvalue weighted by atomic mass is 10.1. The quantitative estimate of drug-likeness (QED) is 0.682. The molecule has 2 aromatic carbocycles. The van der Waals surface area contributed by atoms with Crippen LogP contribution in [-0.4, -0.2) is 38.0 Å². The van der Waals surface area contributed by atoms with Gasteiger partial charge in [-0.05, 0) is 61.2 Å². The van der Waals surface area contributed by atoms with Crippen LogP contribution < -0.4 is 14.4 Å². The maximum absolute atomic E-state index is 13.6. The van der Waals surface area contributed by atoms with Crippen molar-refractivity contribution in [2.24, 2.45) is 0 Å². The second-order valence-electron chi connectivity index (χ2n) is 8.32. The maximum Gasteiger partial charge on any atom is 0.243 e. The smallest absolute Gasteiger partial charge is 0.243 e. The minimum Gasteiger partial charge on any atom is -0.454 e. The number of benzene rings is 2. The summed E-state index contributed by atoms with van der Waals surface area (Å²) < 4.78 is 39.8. The SMILES string of the molecule is O=C1CCCN1c1ccc(S(=O)(=O)N(Cc2ccc3c(c2)OCO3)C2CCCC2)cc1. The highest BCUT2D eigenvalue weighted by Gasteiger charge is 2.34. The number of hydrogen-bond acceptors (Lipinski definition) is 5. The summed E-state index contributed by atoms with van der Waals surface area (Å²) in [6.45, 7) is 1.16. The predicted molar refractivity (Wildman–Crippen MR) is 116 cm³/mol. The van der Waals surface area contributed by atoms with Gasteiger partial charge >= 0.3 is 0 Å². The first kappa shape index (κ1) is 20.3. The molecule has 2 fully saturated rings. The Morgan fingerprint density at radius 2 is 1.71 bits per heavy atom. The molecule has 0 radical (unpaired) electrons. The van der Waals surface area contributed by atoms with E-state index in [2.05, 4.69) is 0 Å². The number of amides is 1. The fourth-order valence-electron chi connectivity index (χ4n) is 4.68. The molecule has 5 rings (SSSR count). The summed E-state index contributed by atoms with van der Waals surface area (Å²) in [6, 6.07) is 12.3. The van der Waals surface area contributed by atoms with Crippen molar-refractivity contribution in [3.05, 3.63) is 48.0 Å². The van der Waals surface area contributed by atoms with Gasteiger partial charge in [0.05, 0.1) is 4.90 Å². The number of rotatable bonds is 6. The summed E-state index contributed by atoms with van der Waals surface area (Å²) in [5.41, 5.74) is 1.63. The zero-order valence-electron chi connectivity index (χ0n) is 17.3. The fraction of sp³-hybridized carbons (Fsp3) is 0.435. The first-order chi connectivity index (χ1) is 15.0. The van der Waals surface area contributed by atoms with Gasteiger partial charge in [0, 0.05) is 31.2 Å². The van der Waals surface area contributed by atoms with Gasteiger partial charge in [-0.15, -0.1) is 0 Å². The molecule has 0 aromatic heterocycles. The number of carbonyl (C=O) groups is 1. The summed E-state index contributed by atoms with van der Waals surface area (Å²) in [5, 5.41) is 0. The zero-order valence-corrected chi connectivity index (χ0v) is 18.1. The van der Waals surface area contributed by atoms with Crippen LogP contribution in [0.3, 0.4) is 0 Å². The minimum atomic E-state index is -3.69. The number of anilines is 1. The van der Waals surface area contributed by atoms with Crippen LogP contribution in [0.15, 0.2) is 47.4 Å². The molecule has 1 saturated heterocycles. The lowest BCUT2D eigenvalue weighted by Gasteiger charge is -2.28. The summed E-state index contributed by atoms with van der Waals surface area (Å²) in [4.78, 5) is 14.0. The van der Waals surface area contributed by atoms with Gasteiger partial charge in [-0.25, -0.2) is 8.42 Å². The molecule has 0 spiro atoms. The molecule has 2 heterocycles. The van der Waals surface area contributed by atoms with Gasteiger partial charge in [0.25, 0.3) is 0 Å². The Bertz CT molecular complexity index is 1080. The van der Waals surface area contributed by atoms with Crippen LogP contribution in [0.2, 0.25) is 0 Å². The average molecular weight is 443 g/mol. The third-order valence-electron chi connectivity index (χ3n) is 6.34. The second-order valence-corrected chi connectivity index (χ2v) is 10.2. The topological polar surface area (TPSA) is 76.2 Å². The third-order valence-corrected chi connectivity index (χ3v) is 8.25. The summed E-state index contributed by atoms with van der Waals surface area (Å²) in [5.74, 6) is 1.43. The van der Waals surface area contributed by atoms with Crippen molar-refractivity contribution in [3.63, 3.8) is 0 Å². The normalized spacial score (nSPS) is 19.0. The van der Waals surface area contributed by atoms with E-state index >= 15 is 0 Å². The summed E-state index contributed by atoms with van der Waals surface area (Å²) >= 11 is 0. The summed E-state index contributed by atoms with van der Waals surface area (Å²) in [6.07, 6.45) is 5.19. The van der Waals surface area contributed by atoms with Crippen LogP contribution in [0, 0.1) is 0 Å². The minimum absolute atomic E-state index is 0.0183. The number of carbonyl (C=O) groups excluding carboxylic acids is 1. The Balaban J connectivity index is 1.43. The van der Waals surface area contributed by atoms with Gasteiger partial charge in [0.2, 0.25) is 22.7 Å².